The Hall–Kier alpha value is -6.47. The number of carbonyl (C=O) groups is 4. The zero-order valence-corrected chi connectivity index (χ0v) is 52.3. The second-order valence-electron chi connectivity index (χ2n) is 24.9. The number of ether oxygens (including phenoxy) is 4. The van der Waals surface area contributed by atoms with Gasteiger partial charge in [-0.3, -0.25) is 19.6 Å². The summed E-state index contributed by atoms with van der Waals surface area (Å²) >= 11 is 0. The number of hydrazine groups is 1. The van der Waals surface area contributed by atoms with Crippen LogP contribution in [0.2, 0.25) is 16.6 Å². The van der Waals surface area contributed by atoms with Crippen molar-refractivity contribution in [2.75, 3.05) is 58.5 Å². The number of fused-ring (bicyclic) bond motifs is 1. The van der Waals surface area contributed by atoms with Crippen LogP contribution in [0, 0.1) is 5.41 Å². The number of hydrogen-bond acceptors (Lipinski definition) is 13. The monoisotopic (exact) mass is 1150 g/mol. The number of aromatic nitrogens is 2. The predicted octanol–water partition coefficient (Wildman–Crippen LogP) is 11.8. The van der Waals surface area contributed by atoms with E-state index in [1.165, 1.54) is 12.1 Å². The van der Waals surface area contributed by atoms with Gasteiger partial charge < -0.3 is 48.2 Å². The van der Waals surface area contributed by atoms with Crippen LogP contribution >= 0.6 is 0 Å². The van der Waals surface area contributed by atoms with Gasteiger partial charge in [0, 0.05) is 81.3 Å². The summed E-state index contributed by atoms with van der Waals surface area (Å²) in [6.45, 7) is 30.2. The molecule has 3 N–H and O–H groups in total. The number of benzene rings is 3. The van der Waals surface area contributed by atoms with Crippen molar-refractivity contribution in [2.45, 2.75) is 169 Å². The van der Waals surface area contributed by atoms with Gasteiger partial charge in [0.05, 0.1) is 36.5 Å². The first-order valence-corrected chi connectivity index (χ1v) is 31.4. The maximum Gasteiger partial charge on any atom is 0.410 e. The highest BCUT2D eigenvalue weighted by Gasteiger charge is 2.47. The third-order valence-corrected chi connectivity index (χ3v) is 22.2. The highest BCUT2D eigenvalue weighted by Crippen LogP contribution is 2.45. The molecule has 7 rings (SSSR count). The van der Waals surface area contributed by atoms with Crippen molar-refractivity contribution in [3.63, 3.8) is 0 Å². The lowest BCUT2D eigenvalue weighted by Crippen LogP contribution is -2.60. The van der Waals surface area contributed by atoms with E-state index < -0.39 is 49.4 Å². The van der Waals surface area contributed by atoms with Gasteiger partial charge in [-0.25, -0.2) is 15.0 Å². The lowest BCUT2D eigenvalue weighted by Gasteiger charge is -2.42. The van der Waals surface area contributed by atoms with Crippen molar-refractivity contribution in [3.05, 3.63) is 101 Å². The summed E-state index contributed by atoms with van der Waals surface area (Å²) in [5.41, 5.74) is 11.6. The number of piperazine rings is 1. The van der Waals surface area contributed by atoms with Gasteiger partial charge in [-0.2, -0.15) is 0 Å². The SMILES string of the molecule is CCc1c(-c2cc(N3CCN(C(=O)OCc4ccccc4)CC3)cnc2[C@H](C)OC)n(CC(C)(C)CO)c2cc(-c3cc(C[C@H](NC(=O)OC(C)(C)C)C(=O)N4CCC[C@@H](C(=O)OC)N4)cc(O[Si](C(C)C)(C(C)C)C(C)C)c3)ccc12. The molecular formula is C64H91N7O10Si. The molecular weight excluding hydrogens is 1050 g/mol. The Kier molecular flexibility index (Phi) is 20.7. The fourth-order valence-electron chi connectivity index (χ4n) is 12.0. The number of pyridine rings is 1. The van der Waals surface area contributed by atoms with Crippen LogP contribution in [-0.2, 0) is 54.5 Å². The van der Waals surface area contributed by atoms with E-state index in [2.05, 4.69) is 119 Å². The summed E-state index contributed by atoms with van der Waals surface area (Å²) in [5.74, 6) is -0.215. The van der Waals surface area contributed by atoms with Crippen LogP contribution in [0.5, 0.6) is 5.75 Å². The summed E-state index contributed by atoms with van der Waals surface area (Å²) in [6.07, 6.45) is 2.28. The zero-order chi connectivity index (χ0) is 59.8. The Morgan fingerprint density at radius 1 is 0.829 bits per heavy atom. The average molecular weight is 1150 g/mol. The molecule has 2 aromatic heterocycles. The summed E-state index contributed by atoms with van der Waals surface area (Å²) in [5, 5.41) is 16.3. The van der Waals surface area contributed by atoms with Crippen molar-refractivity contribution in [1.29, 1.82) is 0 Å². The van der Waals surface area contributed by atoms with E-state index in [4.69, 9.17) is 28.4 Å². The molecule has 5 aromatic rings. The lowest BCUT2D eigenvalue weighted by molar-refractivity contribution is -0.150. The normalized spacial score (nSPS) is 16.2. The molecule has 17 nitrogen and oxygen atoms in total. The van der Waals surface area contributed by atoms with Gasteiger partial charge in [-0.1, -0.05) is 111 Å². The summed E-state index contributed by atoms with van der Waals surface area (Å²) in [7, 11) is 0.456. The third-order valence-electron chi connectivity index (χ3n) is 16.2. The van der Waals surface area contributed by atoms with E-state index in [9.17, 15) is 24.3 Å². The maximum absolute atomic E-state index is 14.8. The molecule has 2 saturated heterocycles. The summed E-state index contributed by atoms with van der Waals surface area (Å²) in [4.78, 5) is 63.6. The van der Waals surface area contributed by atoms with Crippen molar-refractivity contribution in [3.8, 4) is 28.1 Å². The van der Waals surface area contributed by atoms with Crippen molar-refractivity contribution in [2.24, 2.45) is 5.41 Å². The number of nitrogens with one attached hydrogen (secondary N) is 2. The first kappa shape index (κ1) is 63.1. The number of amides is 3. The molecule has 2 aliphatic heterocycles. The minimum Gasteiger partial charge on any atom is -0.543 e. The van der Waals surface area contributed by atoms with Crippen LogP contribution in [0.4, 0.5) is 15.3 Å². The van der Waals surface area contributed by atoms with E-state index in [-0.39, 0.29) is 48.5 Å². The zero-order valence-electron chi connectivity index (χ0n) is 51.3. The molecule has 0 radical (unpaired) electrons. The minimum absolute atomic E-state index is 0.0611. The Morgan fingerprint density at radius 2 is 1.51 bits per heavy atom. The average Bonchev–Trinajstić information content (AvgIpc) is 2.45. The number of esters is 1. The molecule has 0 unspecified atom stereocenters. The van der Waals surface area contributed by atoms with E-state index in [0.717, 1.165) is 61.4 Å². The first-order chi connectivity index (χ1) is 38.8. The largest absolute Gasteiger partial charge is 0.543 e. The molecule has 18 heteroatoms. The number of rotatable bonds is 21. The molecule has 3 amide bonds. The highest BCUT2D eigenvalue weighted by atomic mass is 28.4. The van der Waals surface area contributed by atoms with Crippen LogP contribution in [-0.4, -0.2) is 128 Å². The molecule has 446 valence electrons. The number of hydrogen-bond donors (Lipinski definition) is 3. The summed E-state index contributed by atoms with van der Waals surface area (Å²) < 4.78 is 32.3. The van der Waals surface area contributed by atoms with Crippen LogP contribution in [0.3, 0.4) is 0 Å². The second-order valence-corrected chi connectivity index (χ2v) is 30.2. The number of aliphatic hydroxyl groups excluding tert-OH is 1. The number of carbonyl (C=O) groups excluding carboxylic acids is 4. The Labute approximate surface area is 487 Å². The maximum atomic E-state index is 14.8. The number of aryl methyl sites for hydroxylation is 1. The lowest BCUT2D eigenvalue weighted by atomic mass is 9.94. The van der Waals surface area contributed by atoms with E-state index in [1.807, 2.05) is 49.5 Å². The number of anilines is 1. The predicted molar refractivity (Wildman–Crippen MR) is 325 cm³/mol. The smallest absolute Gasteiger partial charge is 0.410 e. The molecule has 0 aliphatic carbocycles. The molecule has 0 saturated carbocycles. The van der Waals surface area contributed by atoms with Crippen molar-refractivity contribution < 1.29 is 47.7 Å². The third kappa shape index (κ3) is 14.6. The van der Waals surface area contributed by atoms with Crippen LogP contribution in [0.15, 0.2) is 79.0 Å². The van der Waals surface area contributed by atoms with Crippen LogP contribution in [0.1, 0.15) is 131 Å². The topological polar surface area (TPSA) is 186 Å². The molecule has 3 aromatic carbocycles. The molecule has 82 heavy (non-hydrogen) atoms. The Bertz CT molecular complexity index is 3000. The van der Waals surface area contributed by atoms with Gasteiger partial charge in [-0.05, 0) is 116 Å². The van der Waals surface area contributed by atoms with Gasteiger partial charge in [0.1, 0.15) is 30.0 Å². The molecule has 3 atom stereocenters. The fourth-order valence-corrected chi connectivity index (χ4v) is 17.3. The van der Waals surface area contributed by atoms with Crippen molar-refractivity contribution >= 4 is 49.0 Å². The molecule has 0 bridgehead atoms. The highest BCUT2D eigenvalue weighted by molar-refractivity contribution is 6.78. The quantitative estimate of drug-likeness (QED) is 0.0358. The van der Waals surface area contributed by atoms with Crippen molar-refractivity contribution in [1.82, 2.24) is 30.2 Å². The summed E-state index contributed by atoms with van der Waals surface area (Å²) in [6, 6.07) is 22.8. The van der Waals surface area contributed by atoms with E-state index in [0.29, 0.717) is 64.3 Å². The number of nitrogens with zero attached hydrogens (tertiary/aromatic N) is 5. The number of alkyl carbamates (subject to hydrolysis) is 1. The van der Waals surface area contributed by atoms with Crippen LogP contribution in [0.25, 0.3) is 33.3 Å². The standard InChI is InChI=1S/C64H91N7O10Si/c1-16-51-52-25-24-47(35-56(52)70(39-64(12,13)40-72)58(51)53-36-49(37-65-57(53)44(8)77-14)68-27-29-69(30-28-68)62(76)79-38-45-21-18-17-19-22-45)48-31-46(32-50(34-48)81-82(41(2)3,42(4)5)43(6)7)33-55(66-61(75)80-63(9,10)11)59(73)71-26-20-23-54(67-71)60(74)78-15/h17-19,21-22,24-25,31-32,34-37,41-44,54-55,67,72H,16,20,23,26-30,33,38-40H2,1-15H3,(H,66,75)/t44-,54-,55-/m0/s1. The first-order valence-electron chi connectivity index (χ1n) is 29.3. The molecule has 4 heterocycles. The number of methoxy groups -OCH3 is 2. The second kappa shape index (κ2) is 26.8. The van der Waals surface area contributed by atoms with Gasteiger partial charge in [0.15, 0.2) is 0 Å². The van der Waals surface area contributed by atoms with Gasteiger partial charge in [0.25, 0.3) is 14.2 Å². The van der Waals surface area contributed by atoms with E-state index >= 15 is 0 Å². The van der Waals surface area contributed by atoms with Gasteiger partial charge in [0.2, 0.25) is 0 Å². The minimum atomic E-state index is -2.56. The molecule has 0 spiro atoms. The fraction of sp³-hybridized carbons (Fsp3) is 0.547. The molecule has 2 fully saturated rings. The number of aliphatic hydroxyl groups is 1. The Morgan fingerprint density at radius 3 is 2.12 bits per heavy atom. The van der Waals surface area contributed by atoms with Gasteiger partial charge in [-0.15, -0.1) is 0 Å². The van der Waals surface area contributed by atoms with Crippen LogP contribution < -0.4 is 20.1 Å². The molecule has 2 aliphatic rings. The Balaban J connectivity index is 1.36. The van der Waals surface area contributed by atoms with Gasteiger partial charge >= 0.3 is 18.2 Å². The van der Waals surface area contributed by atoms with E-state index in [1.54, 1.807) is 32.8 Å².